The number of morpholine rings is 1. The summed E-state index contributed by atoms with van der Waals surface area (Å²) in [6, 6.07) is 8.66. The standard InChI is InChI=1S/C15H22N2O4S/c1-13(15(18)17-8-10-21-11-9-17)16-22(19,20)12-7-14-5-3-2-4-6-14/h2-6,13,16H,7-12H2,1H3/t13-/m1/s1. The van der Waals surface area contributed by atoms with Crippen LogP contribution >= 0.6 is 0 Å². The smallest absolute Gasteiger partial charge is 0.240 e. The molecule has 7 heteroatoms. The lowest BCUT2D eigenvalue weighted by molar-refractivity contribution is -0.136. The Kier molecular flexibility index (Phi) is 5.93. The Morgan fingerprint density at radius 3 is 2.55 bits per heavy atom. The number of benzene rings is 1. The molecule has 1 atom stereocenters. The molecule has 0 aliphatic carbocycles. The van der Waals surface area contributed by atoms with Gasteiger partial charge in [0.05, 0.1) is 25.0 Å². The van der Waals surface area contributed by atoms with Crippen molar-refractivity contribution in [3.05, 3.63) is 35.9 Å². The molecule has 1 saturated heterocycles. The maximum Gasteiger partial charge on any atom is 0.240 e. The lowest BCUT2D eigenvalue weighted by atomic mass is 10.2. The van der Waals surface area contributed by atoms with E-state index in [0.29, 0.717) is 32.7 Å². The van der Waals surface area contributed by atoms with E-state index >= 15 is 0 Å². The van der Waals surface area contributed by atoms with Crippen LogP contribution in [0.1, 0.15) is 12.5 Å². The molecule has 0 saturated carbocycles. The Morgan fingerprint density at radius 2 is 1.91 bits per heavy atom. The summed E-state index contributed by atoms with van der Waals surface area (Å²) < 4.78 is 31.8. The molecule has 0 unspecified atom stereocenters. The van der Waals surface area contributed by atoms with Gasteiger partial charge in [-0.15, -0.1) is 0 Å². The van der Waals surface area contributed by atoms with Crippen LogP contribution in [-0.2, 0) is 26.0 Å². The first-order chi connectivity index (χ1) is 10.5. The number of carbonyl (C=O) groups is 1. The summed E-state index contributed by atoms with van der Waals surface area (Å²) in [6.45, 7) is 3.60. The third-order valence-electron chi connectivity index (χ3n) is 3.55. The van der Waals surface area contributed by atoms with Crippen molar-refractivity contribution in [1.82, 2.24) is 9.62 Å². The molecule has 0 bridgehead atoms. The van der Waals surface area contributed by atoms with Crippen LogP contribution < -0.4 is 4.72 Å². The summed E-state index contributed by atoms with van der Waals surface area (Å²) in [6.07, 6.45) is 0.425. The SMILES string of the molecule is C[C@@H](NS(=O)(=O)CCc1ccccc1)C(=O)N1CCOCC1. The number of carbonyl (C=O) groups excluding carboxylic acids is 1. The van der Waals surface area contributed by atoms with Crippen molar-refractivity contribution in [2.45, 2.75) is 19.4 Å². The average Bonchev–Trinajstić information content (AvgIpc) is 2.54. The summed E-state index contributed by atoms with van der Waals surface area (Å²) in [7, 11) is -3.49. The van der Waals surface area contributed by atoms with Crippen LogP contribution in [-0.4, -0.2) is 57.3 Å². The molecule has 1 aromatic carbocycles. The molecule has 1 aromatic rings. The largest absolute Gasteiger partial charge is 0.378 e. The van der Waals surface area contributed by atoms with Crippen LogP contribution in [0.2, 0.25) is 0 Å². The highest BCUT2D eigenvalue weighted by molar-refractivity contribution is 7.89. The molecular weight excluding hydrogens is 304 g/mol. The second kappa shape index (κ2) is 7.71. The molecule has 1 amide bonds. The van der Waals surface area contributed by atoms with Gasteiger partial charge in [0, 0.05) is 13.1 Å². The van der Waals surface area contributed by atoms with Crippen LogP contribution in [0.25, 0.3) is 0 Å². The number of sulfonamides is 1. The fraction of sp³-hybridized carbons (Fsp3) is 0.533. The van der Waals surface area contributed by atoms with Crippen LogP contribution in [0.3, 0.4) is 0 Å². The monoisotopic (exact) mass is 326 g/mol. The number of ether oxygens (including phenoxy) is 1. The fourth-order valence-electron chi connectivity index (χ4n) is 2.33. The zero-order chi connectivity index (χ0) is 16.0. The van der Waals surface area contributed by atoms with Crippen LogP contribution in [0.5, 0.6) is 0 Å². The van der Waals surface area contributed by atoms with Crippen LogP contribution in [0.15, 0.2) is 30.3 Å². The van der Waals surface area contributed by atoms with E-state index in [-0.39, 0.29) is 11.7 Å². The van der Waals surface area contributed by atoms with Crippen LogP contribution in [0, 0.1) is 0 Å². The molecule has 0 radical (unpaired) electrons. The van der Waals surface area contributed by atoms with Gasteiger partial charge in [0.1, 0.15) is 0 Å². The summed E-state index contributed by atoms with van der Waals surface area (Å²) in [4.78, 5) is 13.8. The maximum atomic E-state index is 12.2. The van der Waals surface area contributed by atoms with Gasteiger partial charge in [0.2, 0.25) is 15.9 Å². The number of hydrogen-bond acceptors (Lipinski definition) is 4. The quantitative estimate of drug-likeness (QED) is 0.821. The Hall–Kier alpha value is -1.44. The summed E-state index contributed by atoms with van der Waals surface area (Å²) in [5, 5.41) is 0. The molecule has 2 rings (SSSR count). The van der Waals surface area contributed by atoms with E-state index < -0.39 is 16.1 Å². The molecular formula is C15H22N2O4S. The van der Waals surface area contributed by atoms with Crippen molar-refractivity contribution < 1.29 is 17.9 Å². The van der Waals surface area contributed by atoms with E-state index in [1.165, 1.54) is 0 Å². The number of hydrogen-bond donors (Lipinski definition) is 1. The summed E-state index contributed by atoms with van der Waals surface area (Å²) in [5.41, 5.74) is 0.958. The minimum Gasteiger partial charge on any atom is -0.378 e. The van der Waals surface area contributed by atoms with Gasteiger partial charge in [0.15, 0.2) is 0 Å². The van der Waals surface area contributed by atoms with Crippen molar-refractivity contribution in [2.75, 3.05) is 32.1 Å². The van der Waals surface area contributed by atoms with E-state index in [1.54, 1.807) is 11.8 Å². The fourth-order valence-corrected chi connectivity index (χ4v) is 3.59. The van der Waals surface area contributed by atoms with Gasteiger partial charge in [-0.25, -0.2) is 13.1 Å². The minimum absolute atomic E-state index is 0.0300. The highest BCUT2D eigenvalue weighted by Gasteiger charge is 2.25. The predicted molar refractivity (Wildman–Crippen MR) is 83.9 cm³/mol. The highest BCUT2D eigenvalue weighted by Crippen LogP contribution is 2.04. The maximum absolute atomic E-state index is 12.2. The third-order valence-corrected chi connectivity index (χ3v) is 5.01. The van der Waals surface area contributed by atoms with Crippen LogP contribution in [0.4, 0.5) is 0 Å². The second-order valence-corrected chi connectivity index (χ2v) is 7.21. The predicted octanol–water partition coefficient (Wildman–Crippen LogP) is 0.396. The van der Waals surface area contributed by atoms with Gasteiger partial charge < -0.3 is 9.64 Å². The topological polar surface area (TPSA) is 75.7 Å². The number of nitrogens with one attached hydrogen (secondary N) is 1. The number of rotatable bonds is 6. The van der Waals surface area contributed by atoms with Gasteiger partial charge in [0.25, 0.3) is 0 Å². The van der Waals surface area contributed by atoms with E-state index in [4.69, 9.17) is 4.74 Å². The van der Waals surface area contributed by atoms with Gasteiger partial charge in [-0.3, -0.25) is 4.79 Å². The molecule has 0 aromatic heterocycles. The summed E-state index contributed by atoms with van der Waals surface area (Å²) in [5.74, 6) is -0.232. The molecule has 1 aliphatic rings. The van der Waals surface area contributed by atoms with E-state index in [0.717, 1.165) is 5.56 Å². The van der Waals surface area contributed by atoms with Gasteiger partial charge in [-0.05, 0) is 18.9 Å². The Morgan fingerprint density at radius 1 is 1.27 bits per heavy atom. The molecule has 1 heterocycles. The minimum atomic E-state index is -3.49. The molecule has 1 N–H and O–H groups in total. The molecule has 1 fully saturated rings. The first-order valence-corrected chi connectivity index (χ1v) is 9.03. The molecule has 1 aliphatic heterocycles. The van der Waals surface area contributed by atoms with Crippen molar-refractivity contribution in [3.8, 4) is 0 Å². The second-order valence-electron chi connectivity index (χ2n) is 5.33. The third kappa shape index (κ3) is 5.08. The van der Waals surface area contributed by atoms with Crippen molar-refractivity contribution in [1.29, 1.82) is 0 Å². The lowest BCUT2D eigenvalue weighted by Gasteiger charge is -2.29. The molecule has 6 nitrogen and oxygen atoms in total. The van der Waals surface area contributed by atoms with Crippen molar-refractivity contribution in [2.24, 2.45) is 0 Å². The number of nitrogens with zero attached hydrogens (tertiary/aromatic N) is 1. The van der Waals surface area contributed by atoms with Crippen molar-refractivity contribution in [3.63, 3.8) is 0 Å². The van der Waals surface area contributed by atoms with Crippen molar-refractivity contribution >= 4 is 15.9 Å². The first-order valence-electron chi connectivity index (χ1n) is 7.38. The van der Waals surface area contributed by atoms with Gasteiger partial charge in [-0.1, -0.05) is 30.3 Å². The number of amides is 1. The van der Waals surface area contributed by atoms with Gasteiger partial charge >= 0.3 is 0 Å². The Balaban J connectivity index is 1.86. The zero-order valence-electron chi connectivity index (χ0n) is 12.7. The van der Waals surface area contributed by atoms with E-state index in [9.17, 15) is 13.2 Å². The highest BCUT2D eigenvalue weighted by atomic mass is 32.2. The van der Waals surface area contributed by atoms with Gasteiger partial charge in [-0.2, -0.15) is 0 Å². The number of aryl methyl sites for hydroxylation is 1. The Labute approximate surface area is 131 Å². The molecule has 122 valence electrons. The average molecular weight is 326 g/mol. The molecule has 0 spiro atoms. The zero-order valence-corrected chi connectivity index (χ0v) is 13.5. The molecule has 22 heavy (non-hydrogen) atoms. The van der Waals surface area contributed by atoms with E-state index in [2.05, 4.69) is 4.72 Å². The van der Waals surface area contributed by atoms with E-state index in [1.807, 2.05) is 30.3 Å². The normalized spacial score (nSPS) is 17.2. The first kappa shape index (κ1) is 16.9. The summed E-state index contributed by atoms with van der Waals surface area (Å²) >= 11 is 0. The Bertz CT molecular complexity index is 583. The lowest BCUT2D eigenvalue weighted by Crippen LogP contribution is -2.50.